The number of hydrogen-bond acceptors (Lipinski definition) is 5. The van der Waals surface area contributed by atoms with Crippen molar-refractivity contribution in [2.45, 2.75) is 57.4 Å². The fraction of sp³-hybridized carbons (Fsp3) is 0.500. The molecule has 1 saturated heterocycles. The molecule has 1 aliphatic heterocycles. The smallest absolute Gasteiger partial charge is 0.276 e. The second-order valence-electron chi connectivity index (χ2n) is 9.53. The molecular weight excluding hydrogens is 390 g/mol. The number of aromatic nitrogens is 4. The molecule has 7 heteroatoms. The summed E-state index contributed by atoms with van der Waals surface area (Å²) in [5.74, 6) is 1.81. The minimum Gasteiger partial charge on any atom is -0.443 e. The van der Waals surface area contributed by atoms with Gasteiger partial charge in [0, 0.05) is 30.6 Å². The number of rotatable bonds is 4. The number of amides is 1. The molecule has 2 aromatic heterocycles. The van der Waals surface area contributed by atoms with E-state index in [-0.39, 0.29) is 17.2 Å². The third-order valence-electron chi connectivity index (χ3n) is 7.44. The zero-order valence-corrected chi connectivity index (χ0v) is 17.8. The Morgan fingerprint density at radius 2 is 2.06 bits per heavy atom. The largest absolute Gasteiger partial charge is 0.443 e. The maximum absolute atomic E-state index is 13.6. The average Bonchev–Trinajstić information content (AvgIpc) is 3.21. The molecule has 31 heavy (non-hydrogen) atoms. The molecular formula is C24H27N5O2. The second kappa shape index (κ2) is 7.04. The molecule has 1 aromatic carbocycles. The van der Waals surface area contributed by atoms with Crippen molar-refractivity contribution in [1.82, 2.24) is 24.6 Å². The van der Waals surface area contributed by atoms with E-state index in [1.165, 1.54) is 32.1 Å². The van der Waals surface area contributed by atoms with Gasteiger partial charge in [-0.3, -0.25) is 4.79 Å². The van der Waals surface area contributed by atoms with Crippen molar-refractivity contribution in [3.05, 3.63) is 54.1 Å². The summed E-state index contributed by atoms with van der Waals surface area (Å²) in [6.07, 6.45) is 10.4. The fourth-order valence-electron chi connectivity index (χ4n) is 5.74. The molecule has 0 radical (unpaired) electrons. The number of likely N-dealkylation sites (tertiary alicyclic amines) is 1. The van der Waals surface area contributed by atoms with Crippen molar-refractivity contribution in [2.24, 2.45) is 5.41 Å². The first-order valence-corrected chi connectivity index (χ1v) is 11.3. The molecule has 3 heterocycles. The van der Waals surface area contributed by atoms with Gasteiger partial charge in [0.25, 0.3) is 5.91 Å². The quantitative estimate of drug-likeness (QED) is 0.630. The number of benzene rings is 1. The fourth-order valence-corrected chi connectivity index (χ4v) is 5.74. The van der Waals surface area contributed by atoms with Crippen molar-refractivity contribution < 1.29 is 9.21 Å². The molecule has 2 saturated carbocycles. The molecule has 7 nitrogen and oxygen atoms in total. The molecule has 0 N–H and O–H groups in total. The lowest BCUT2D eigenvalue weighted by molar-refractivity contribution is 0.0768. The summed E-state index contributed by atoms with van der Waals surface area (Å²) in [5.41, 5.74) is 2.52. The van der Waals surface area contributed by atoms with Crippen LogP contribution in [-0.4, -0.2) is 43.6 Å². The topological polar surface area (TPSA) is 77.1 Å². The van der Waals surface area contributed by atoms with Crippen LogP contribution in [0.2, 0.25) is 0 Å². The Balaban J connectivity index is 1.33. The number of oxazole rings is 1. The predicted octanol–water partition coefficient (Wildman–Crippen LogP) is 4.38. The predicted molar refractivity (Wildman–Crippen MR) is 115 cm³/mol. The summed E-state index contributed by atoms with van der Waals surface area (Å²) < 4.78 is 7.95. The van der Waals surface area contributed by atoms with E-state index in [0.717, 1.165) is 36.3 Å². The zero-order chi connectivity index (χ0) is 21.0. The normalized spacial score (nSPS) is 22.5. The molecule has 1 unspecified atom stereocenters. The Morgan fingerprint density at radius 1 is 1.23 bits per heavy atom. The Kier molecular flexibility index (Phi) is 4.26. The molecule has 0 bridgehead atoms. The lowest BCUT2D eigenvalue weighted by Crippen LogP contribution is -2.31. The molecule has 3 aromatic rings. The molecule has 3 aliphatic rings. The maximum atomic E-state index is 13.6. The van der Waals surface area contributed by atoms with Crippen LogP contribution < -0.4 is 0 Å². The highest BCUT2D eigenvalue weighted by molar-refractivity contribution is 5.98. The van der Waals surface area contributed by atoms with Gasteiger partial charge in [-0.15, -0.1) is 10.2 Å². The Labute approximate surface area is 181 Å². The lowest BCUT2D eigenvalue weighted by Gasteiger charge is -2.29. The van der Waals surface area contributed by atoms with Gasteiger partial charge >= 0.3 is 0 Å². The van der Waals surface area contributed by atoms with E-state index < -0.39 is 0 Å². The third-order valence-corrected chi connectivity index (χ3v) is 7.44. The van der Waals surface area contributed by atoms with E-state index in [0.29, 0.717) is 24.0 Å². The minimum atomic E-state index is -0.0449. The van der Waals surface area contributed by atoms with Gasteiger partial charge in [0.1, 0.15) is 12.2 Å². The van der Waals surface area contributed by atoms with Gasteiger partial charge in [0.05, 0.1) is 0 Å². The highest BCUT2D eigenvalue weighted by Crippen LogP contribution is 2.54. The van der Waals surface area contributed by atoms with Crippen LogP contribution in [0.15, 0.2) is 41.4 Å². The van der Waals surface area contributed by atoms with Crippen LogP contribution in [0, 0.1) is 12.3 Å². The van der Waals surface area contributed by atoms with Crippen LogP contribution in [0.5, 0.6) is 0 Å². The summed E-state index contributed by atoms with van der Waals surface area (Å²) >= 11 is 0. The number of hydrogen-bond donors (Lipinski definition) is 0. The molecule has 6 rings (SSSR count). The van der Waals surface area contributed by atoms with Crippen molar-refractivity contribution in [3.8, 4) is 11.3 Å². The van der Waals surface area contributed by atoms with E-state index in [4.69, 9.17) is 4.42 Å². The first-order valence-electron chi connectivity index (χ1n) is 11.3. The van der Waals surface area contributed by atoms with E-state index in [9.17, 15) is 4.79 Å². The number of carbonyl (C=O) groups is 1. The number of carbonyl (C=O) groups excluding carboxylic acids is 1. The van der Waals surface area contributed by atoms with Gasteiger partial charge in [-0.1, -0.05) is 36.6 Å². The van der Waals surface area contributed by atoms with Crippen LogP contribution in [-0.2, 0) is 0 Å². The van der Waals surface area contributed by atoms with Crippen molar-refractivity contribution in [2.75, 3.05) is 13.1 Å². The van der Waals surface area contributed by atoms with Gasteiger partial charge < -0.3 is 13.9 Å². The summed E-state index contributed by atoms with van der Waals surface area (Å²) in [5, 5.41) is 8.80. The summed E-state index contributed by atoms with van der Waals surface area (Å²) in [6.45, 7) is 3.46. The average molecular weight is 418 g/mol. The molecule has 1 atom stereocenters. The standard InChI is InChI=1S/C24H27N5O2/c1-16-5-4-6-17(11-16)21-20(25-15-31-21)23(30)28-12-19(24(13-28)9-2-3-10-24)22-27-26-14-29(22)18-7-8-18/h4-6,11,14-15,18-19H,2-3,7-10,12-13H2,1H3. The first kappa shape index (κ1) is 18.8. The van der Waals surface area contributed by atoms with Gasteiger partial charge in [-0.2, -0.15) is 0 Å². The highest BCUT2D eigenvalue weighted by Gasteiger charge is 2.52. The number of aryl methyl sites for hydroxylation is 1. The summed E-state index contributed by atoms with van der Waals surface area (Å²) in [7, 11) is 0. The van der Waals surface area contributed by atoms with Crippen LogP contribution in [0.4, 0.5) is 0 Å². The van der Waals surface area contributed by atoms with Gasteiger partial charge in [0.2, 0.25) is 0 Å². The van der Waals surface area contributed by atoms with Crippen LogP contribution in [0.1, 0.15) is 72.4 Å². The molecule has 1 spiro atoms. The van der Waals surface area contributed by atoms with E-state index in [2.05, 4.69) is 19.7 Å². The zero-order valence-electron chi connectivity index (χ0n) is 17.8. The summed E-state index contributed by atoms with van der Waals surface area (Å²) in [6, 6.07) is 8.54. The third kappa shape index (κ3) is 3.09. The van der Waals surface area contributed by atoms with E-state index in [1.807, 2.05) is 42.4 Å². The highest BCUT2D eigenvalue weighted by atomic mass is 16.3. The maximum Gasteiger partial charge on any atom is 0.276 e. The van der Waals surface area contributed by atoms with Crippen LogP contribution in [0.3, 0.4) is 0 Å². The van der Waals surface area contributed by atoms with Gasteiger partial charge in [-0.25, -0.2) is 4.98 Å². The molecule has 160 valence electrons. The van der Waals surface area contributed by atoms with Crippen LogP contribution in [0.25, 0.3) is 11.3 Å². The van der Waals surface area contributed by atoms with Crippen molar-refractivity contribution in [3.63, 3.8) is 0 Å². The molecule has 3 fully saturated rings. The minimum absolute atomic E-state index is 0.0449. The van der Waals surface area contributed by atoms with Crippen LogP contribution >= 0.6 is 0 Å². The summed E-state index contributed by atoms with van der Waals surface area (Å²) in [4.78, 5) is 20.0. The second-order valence-corrected chi connectivity index (χ2v) is 9.53. The van der Waals surface area contributed by atoms with E-state index >= 15 is 0 Å². The first-order chi connectivity index (χ1) is 15.1. The SMILES string of the molecule is Cc1cccc(-c2ocnc2C(=O)N2CC(c3nncn3C3CC3)C3(CCCC3)C2)c1. The van der Waals surface area contributed by atoms with E-state index in [1.54, 1.807) is 0 Å². The monoisotopic (exact) mass is 417 g/mol. The Hall–Kier alpha value is -2.96. The van der Waals surface area contributed by atoms with Crippen molar-refractivity contribution >= 4 is 5.91 Å². The van der Waals surface area contributed by atoms with Gasteiger partial charge in [0.15, 0.2) is 17.8 Å². The lowest BCUT2D eigenvalue weighted by atomic mass is 9.76. The van der Waals surface area contributed by atoms with Gasteiger partial charge in [-0.05, 0) is 44.1 Å². The molecule has 2 aliphatic carbocycles. The number of nitrogens with zero attached hydrogens (tertiary/aromatic N) is 5. The van der Waals surface area contributed by atoms with Crippen molar-refractivity contribution in [1.29, 1.82) is 0 Å². The Morgan fingerprint density at radius 3 is 2.84 bits per heavy atom. The molecule has 1 amide bonds. The Bertz CT molecular complexity index is 1120.